The van der Waals surface area contributed by atoms with Crippen molar-refractivity contribution in [3.05, 3.63) is 23.4 Å². The van der Waals surface area contributed by atoms with Crippen LogP contribution >= 0.6 is 0 Å². The molecule has 0 spiro atoms. The number of pyridine rings is 1. The lowest BCUT2D eigenvalue weighted by molar-refractivity contribution is 0.0856. The van der Waals surface area contributed by atoms with Crippen LogP contribution in [-0.4, -0.2) is 17.6 Å². The number of nitrogens with zero attached hydrogens (tertiary/aromatic N) is 1. The minimum absolute atomic E-state index is 0.357. The highest BCUT2D eigenvalue weighted by atomic mass is 16.5. The summed E-state index contributed by atoms with van der Waals surface area (Å²) >= 11 is 0. The number of aryl methyl sites for hydroxylation is 1. The van der Waals surface area contributed by atoms with E-state index in [1.165, 1.54) is 37.7 Å². The molecule has 0 amide bonds. The first-order valence-corrected chi connectivity index (χ1v) is 8.07. The Labute approximate surface area is 123 Å². The number of nitrogens with one attached hydrogen (secondary N) is 1. The molecule has 112 valence electrons. The number of hydrogen-bond acceptors (Lipinski definition) is 3. The first-order valence-electron chi connectivity index (χ1n) is 8.07. The predicted octanol–water partition coefficient (Wildman–Crippen LogP) is 3.85. The van der Waals surface area contributed by atoms with E-state index in [-0.39, 0.29) is 0 Å². The Morgan fingerprint density at radius 3 is 2.80 bits per heavy atom. The summed E-state index contributed by atoms with van der Waals surface area (Å²) in [7, 11) is 0. The van der Waals surface area contributed by atoms with Crippen molar-refractivity contribution in [1.82, 2.24) is 10.3 Å². The van der Waals surface area contributed by atoms with Gasteiger partial charge in [-0.05, 0) is 56.7 Å². The number of aromatic nitrogens is 1. The van der Waals surface area contributed by atoms with E-state index in [4.69, 9.17) is 4.74 Å². The fraction of sp³-hybridized carbons (Fsp3) is 0.706. The van der Waals surface area contributed by atoms with Gasteiger partial charge in [-0.15, -0.1) is 0 Å². The van der Waals surface area contributed by atoms with Crippen LogP contribution in [0.3, 0.4) is 0 Å². The normalized spacial score (nSPS) is 22.8. The molecule has 0 aromatic carbocycles. The Morgan fingerprint density at radius 2 is 2.05 bits per heavy atom. The molecule has 1 heterocycles. The lowest BCUT2D eigenvalue weighted by Gasteiger charge is -2.31. The molecule has 0 saturated heterocycles. The summed E-state index contributed by atoms with van der Waals surface area (Å²) in [6, 6.07) is 4.23. The van der Waals surface area contributed by atoms with Gasteiger partial charge in [0.15, 0.2) is 0 Å². The Hall–Kier alpha value is -1.09. The average Bonchev–Trinajstić information content (AvgIpc) is 2.45. The lowest BCUT2D eigenvalue weighted by Crippen LogP contribution is -2.30. The highest BCUT2D eigenvalue weighted by Gasteiger charge is 2.25. The van der Waals surface area contributed by atoms with Crippen molar-refractivity contribution in [3.8, 4) is 5.88 Å². The zero-order valence-corrected chi connectivity index (χ0v) is 13.1. The summed E-state index contributed by atoms with van der Waals surface area (Å²) in [6.07, 6.45) is 6.69. The fourth-order valence-electron chi connectivity index (χ4n) is 3.09. The van der Waals surface area contributed by atoms with E-state index in [0.717, 1.165) is 24.7 Å². The van der Waals surface area contributed by atoms with Gasteiger partial charge in [0.05, 0.1) is 0 Å². The zero-order valence-electron chi connectivity index (χ0n) is 13.1. The monoisotopic (exact) mass is 276 g/mol. The Kier molecular flexibility index (Phi) is 5.84. The van der Waals surface area contributed by atoms with Crippen LogP contribution in [0, 0.1) is 12.8 Å². The van der Waals surface area contributed by atoms with Gasteiger partial charge >= 0.3 is 0 Å². The van der Waals surface area contributed by atoms with Gasteiger partial charge in [-0.2, -0.15) is 0 Å². The topological polar surface area (TPSA) is 34.2 Å². The van der Waals surface area contributed by atoms with Gasteiger partial charge in [0.2, 0.25) is 5.88 Å². The van der Waals surface area contributed by atoms with Crippen LogP contribution < -0.4 is 10.1 Å². The molecule has 3 nitrogen and oxygen atoms in total. The average molecular weight is 276 g/mol. The van der Waals surface area contributed by atoms with Gasteiger partial charge in [0, 0.05) is 18.3 Å². The molecule has 1 aliphatic rings. The number of hydrogen-bond donors (Lipinski definition) is 1. The summed E-state index contributed by atoms with van der Waals surface area (Å²) in [5.74, 6) is 1.51. The molecule has 1 aliphatic carbocycles. The van der Waals surface area contributed by atoms with Crippen LogP contribution in [-0.2, 0) is 6.54 Å². The summed E-state index contributed by atoms with van der Waals surface area (Å²) in [5, 5.41) is 3.36. The van der Waals surface area contributed by atoms with Crippen molar-refractivity contribution < 1.29 is 4.74 Å². The molecule has 0 aliphatic heterocycles. The summed E-state index contributed by atoms with van der Waals surface area (Å²) < 4.78 is 6.22. The molecule has 1 saturated carbocycles. The molecular formula is C17H28N2O. The van der Waals surface area contributed by atoms with E-state index in [9.17, 15) is 0 Å². The molecule has 2 atom stereocenters. The van der Waals surface area contributed by atoms with Gasteiger partial charge in [0.1, 0.15) is 6.10 Å². The van der Waals surface area contributed by atoms with Gasteiger partial charge in [-0.1, -0.05) is 20.3 Å². The second-order valence-corrected chi connectivity index (χ2v) is 5.84. The minimum Gasteiger partial charge on any atom is -0.474 e. The first kappa shape index (κ1) is 15.3. The van der Waals surface area contributed by atoms with Crippen LogP contribution in [0.5, 0.6) is 5.88 Å². The van der Waals surface area contributed by atoms with Gasteiger partial charge in [-0.3, -0.25) is 0 Å². The predicted molar refractivity (Wildman–Crippen MR) is 83.0 cm³/mol. The smallest absolute Gasteiger partial charge is 0.214 e. The Bertz CT molecular complexity index is 419. The van der Waals surface area contributed by atoms with Crippen LogP contribution in [0.1, 0.15) is 57.2 Å². The molecule has 1 aromatic rings. The van der Waals surface area contributed by atoms with E-state index >= 15 is 0 Å². The Balaban J connectivity index is 2.05. The van der Waals surface area contributed by atoms with Crippen molar-refractivity contribution in [2.45, 2.75) is 65.5 Å². The van der Waals surface area contributed by atoms with Gasteiger partial charge < -0.3 is 10.1 Å². The fourth-order valence-corrected chi connectivity index (χ4v) is 3.09. The maximum absolute atomic E-state index is 6.22. The number of ether oxygens (including phenoxy) is 1. The second kappa shape index (κ2) is 7.63. The molecule has 0 radical (unpaired) electrons. The van der Waals surface area contributed by atoms with Crippen LogP contribution in [0.15, 0.2) is 12.1 Å². The molecule has 2 unspecified atom stereocenters. The van der Waals surface area contributed by atoms with E-state index in [2.05, 4.69) is 36.3 Å². The summed E-state index contributed by atoms with van der Waals surface area (Å²) in [4.78, 5) is 4.55. The van der Waals surface area contributed by atoms with Crippen LogP contribution in [0.2, 0.25) is 0 Å². The molecule has 20 heavy (non-hydrogen) atoms. The van der Waals surface area contributed by atoms with E-state index in [1.54, 1.807) is 0 Å². The molecule has 2 rings (SSSR count). The zero-order chi connectivity index (χ0) is 14.4. The highest BCUT2D eigenvalue weighted by molar-refractivity contribution is 5.24. The number of rotatable bonds is 6. The largest absolute Gasteiger partial charge is 0.474 e. The third-order valence-electron chi connectivity index (χ3n) is 4.20. The van der Waals surface area contributed by atoms with Crippen molar-refractivity contribution in [2.24, 2.45) is 5.92 Å². The van der Waals surface area contributed by atoms with E-state index in [1.807, 2.05) is 6.92 Å². The molecule has 0 bridgehead atoms. The Morgan fingerprint density at radius 1 is 1.25 bits per heavy atom. The maximum atomic E-state index is 6.22. The molecule has 1 fully saturated rings. The van der Waals surface area contributed by atoms with E-state index < -0.39 is 0 Å². The van der Waals surface area contributed by atoms with Crippen molar-refractivity contribution in [3.63, 3.8) is 0 Å². The molecular weight excluding hydrogens is 248 g/mol. The van der Waals surface area contributed by atoms with Crippen molar-refractivity contribution in [2.75, 3.05) is 6.54 Å². The van der Waals surface area contributed by atoms with Crippen molar-refractivity contribution >= 4 is 0 Å². The molecule has 1 aromatic heterocycles. The van der Waals surface area contributed by atoms with Gasteiger partial charge in [0.25, 0.3) is 0 Å². The summed E-state index contributed by atoms with van der Waals surface area (Å²) in [6.45, 7) is 8.31. The highest BCUT2D eigenvalue weighted by Crippen LogP contribution is 2.30. The SMILES string of the molecule is CCNCc1cc(C)nc(OC2CCCCC2CC)c1. The van der Waals surface area contributed by atoms with E-state index in [0.29, 0.717) is 12.0 Å². The van der Waals surface area contributed by atoms with Crippen molar-refractivity contribution in [1.29, 1.82) is 0 Å². The van der Waals surface area contributed by atoms with Gasteiger partial charge in [-0.25, -0.2) is 4.98 Å². The third-order valence-corrected chi connectivity index (χ3v) is 4.20. The maximum Gasteiger partial charge on any atom is 0.214 e. The van der Waals surface area contributed by atoms with Crippen LogP contribution in [0.4, 0.5) is 0 Å². The third kappa shape index (κ3) is 4.20. The van der Waals surface area contributed by atoms with Crippen LogP contribution in [0.25, 0.3) is 0 Å². The second-order valence-electron chi connectivity index (χ2n) is 5.84. The first-order chi connectivity index (χ1) is 9.72. The standard InChI is InChI=1S/C17H28N2O/c1-4-15-8-6-7-9-16(15)20-17-11-14(12-18-5-2)10-13(3)19-17/h10-11,15-16,18H,4-9,12H2,1-3H3. The minimum atomic E-state index is 0.357. The lowest BCUT2D eigenvalue weighted by atomic mass is 9.85. The molecule has 3 heteroatoms. The molecule has 1 N–H and O–H groups in total. The quantitative estimate of drug-likeness (QED) is 0.857. The summed E-state index contributed by atoms with van der Waals surface area (Å²) in [5.41, 5.74) is 2.30.